The number of benzene rings is 1. The molecular formula is C18H26ClN3O2. The highest BCUT2D eigenvalue weighted by atomic mass is 35.5. The third-order valence-corrected chi connectivity index (χ3v) is 5.25. The summed E-state index contributed by atoms with van der Waals surface area (Å²) in [7, 11) is 1.59. The van der Waals surface area contributed by atoms with Crippen LogP contribution < -0.4 is 10.1 Å². The normalized spacial score (nSPS) is 22.0. The summed E-state index contributed by atoms with van der Waals surface area (Å²) in [5.41, 5.74) is 0.632. The minimum atomic E-state index is 0.00152. The highest BCUT2D eigenvalue weighted by Gasteiger charge is 2.28. The van der Waals surface area contributed by atoms with Crippen LogP contribution in [0, 0.1) is 0 Å². The number of halogens is 1. The number of fused-ring (bicyclic) bond motifs is 1. The molecule has 1 N–H and O–H groups in total. The fourth-order valence-corrected chi connectivity index (χ4v) is 3.85. The first kappa shape index (κ1) is 17.5. The van der Waals surface area contributed by atoms with Gasteiger partial charge >= 0.3 is 0 Å². The van der Waals surface area contributed by atoms with Crippen LogP contribution in [0.5, 0.6) is 5.75 Å². The van der Waals surface area contributed by atoms with Gasteiger partial charge in [-0.2, -0.15) is 0 Å². The average molecular weight is 352 g/mol. The van der Waals surface area contributed by atoms with E-state index in [1.807, 2.05) is 0 Å². The van der Waals surface area contributed by atoms with Crippen molar-refractivity contribution >= 4 is 23.2 Å². The number of hydrogen-bond acceptors (Lipinski definition) is 4. The molecule has 6 heteroatoms. The predicted octanol–water partition coefficient (Wildman–Crippen LogP) is 2.85. The summed E-state index contributed by atoms with van der Waals surface area (Å²) in [6.07, 6.45) is 4.45. The number of piperazine rings is 1. The Morgan fingerprint density at radius 3 is 3.04 bits per heavy atom. The van der Waals surface area contributed by atoms with Crippen molar-refractivity contribution in [1.29, 1.82) is 0 Å². The van der Waals surface area contributed by atoms with Crippen molar-refractivity contribution in [3.63, 3.8) is 0 Å². The first-order chi connectivity index (χ1) is 11.7. The molecule has 2 heterocycles. The van der Waals surface area contributed by atoms with Crippen molar-refractivity contribution in [1.82, 2.24) is 9.80 Å². The van der Waals surface area contributed by atoms with E-state index in [2.05, 4.69) is 15.1 Å². The van der Waals surface area contributed by atoms with Gasteiger partial charge in [-0.1, -0.05) is 18.0 Å². The summed E-state index contributed by atoms with van der Waals surface area (Å²) < 4.78 is 5.27. The van der Waals surface area contributed by atoms with Crippen LogP contribution in [0.3, 0.4) is 0 Å². The SMILES string of the molecule is COc1ccc(Cl)cc1NC(=O)CCN1CCN2CCCC[C@H]2C1. The molecule has 0 saturated carbocycles. The summed E-state index contributed by atoms with van der Waals surface area (Å²) in [5, 5.41) is 3.50. The number of nitrogens with zero attached hydrogens (tertiary/aromatic N) is 2. The summed E-state index contributed by atoms with van der Waals surface area (Å²) in [4.78, 5) is 17.3. The van der Waals surface area contributed by atoms with E-state index in [9.17, 15) is 4.79 Å². The van der Waals surface area contributed by atoms with Crippen molar-refractivity contribution in [2.75, 3.05) is 45.2 Å². The molecule has 2 saturated heterocycles. The van der Waals surface area contributed by atoms with Crippen LogP contribution in [0.4, 0.5) is 5.69 Å². The number of nitrogens with one attached hydrogen (secondary N) is 1. The third-order valence-electron chi connectivity index (χ3n) is 5.01. The van der Waals surface area contributed by atoms with E-state index >= 15 is 0 Å². The maximum atomic E-state index is 12.3. The molecule has 3 rings (SSSR count). The number of methoxy groups -OCH3 is 1. The van der Waals surface area contributed by atoms with E-state index in [1.54, 1.807) is 25.3 Å². The van der Waals surface area contributed by atoms with Crippen LogP contribution in [-0.4, -0.2) is 61.6 Å². The van der Waals surface area contributed by atoms with Gasteiger partial charge in [0, 0.05) is 43.7 Å². The van der Waals surface area contributed by atoms with E-state index < -0.39 is 0 Å². The lowest BCUT2D eigenvalue weighted by Gasteiger charge is -2.44. The number of piperidine rings is 1. The molecule has 1 amide bonds. The van der Waals surface area contributed by atoms with Gasteiger partial charge in [-0.25, -0.2) is 0 Å². The zero-order valence-electron chi connectivity index (χ0n) is 14.3. The van der Waals surface area contributed by atoms with E-state index in [-0.39, 0.29) is 5.91 Å². The van der Waals surface area contributed by atoms with Crippen molar-refractivity contribution in [2.45, 2.75) is 31.7 Å². The number of carbonyl (C=O) groups excluding carboxylic acids is 1. The maximum Gasteiger partial charge on any atom is 0.225 e. The summed E-state index contributed by atoms with van der Waals surface area (Å²) >= 11 is 6.00. The predicted molar refractivity (Wildman–Crippen MR) is 96.9 cm³/mol. The molecule has 132 valence electrons. The molecule has 2 aliphatic rings. The van der Waals surface area contributed by atoms with Crippen LogP contribution in [0.25, 0.3) is 0 Å². The highest BCUT2D eigenvalue weighted by Crippen LogP contribution is 2.28. The summed E-state index contributed by atoms with van der Waals surface area (Å²) in [6, 6.07) is 5.92. The topological polar surface area (TPSA) is 44.8 Å². The molecule has 0 radical (unpaired) electrons. The minimum Gasteiger partial charge on any atom is -0.495 e. The molecule has 1 aromatic carbocycles. The lowest BCUT2D eigenvalue weighted by molar-refractivity contribution is -0.116. The standard InChI is InChI=1S/C18H26ClN3O2/c1-24-17-6-5-14(19)12-16(17)20-18(23)7-9-21-10-11-22-8-3-2-4-15(22)13-21/h5-6,12,15H,2-4,7-11,13H2,1H3,(H,20,23)/t15-/m0/s1. The lowest BCUT2D eigenvalue weighted by atomic mass is 9.99. The molecule has 1 atom stereocenters. The monoisotopic (exact) mass is 351 g/mol. The zero-order chi connectivity index (χ0) is 16.9. The number of amides is 1. The molecule has 0 spiro atoms. The average Bonchev–Trinajstić information content (AvgIpc) is 2.60. The number of rotatable bonds is 5. The van der Waals surface area contributed by atoms with Gasteiger partial charge in [-0.15, -0.1) is 0 Å². The molecule has 0 aromatic heterocycles. The third kappa shape index (κ3) is 4.41. The van der Waals surface area contributed by atoms with Gasteiger partial charge in [0.1, 0.15) is 5.75 Å². The fraction of sp³-hybridized carbons (Fsp3) is 0.611. The van der Waals surface area contributed by atoms with Crippen LogP contribution >= 0.6 is 11.6 Å². The van der Waals surface area contributed by atoms with Gasteiger partial charge < -0.3 is 10.1 Å². The first-order valence-corrected chi connectivity index (χ1v) is 9.13. The van der Waals surface area contributed by atoms with Gasteiger partial charge in [-0.05, 0) is 37.6 Å². The van der Waals surface area contributed by atoms with Gasteiger partial charge in [0.15, 0.2) is 0 Å². The Morgan fingerprint density at radius 2 is 2.21 bits per heavy atom. The number of anilines is 1. The van der Waals surface area contributed by atoms with Crippen LogP contribution in [0.1, 0.15) is 25.7 Å². The van der Waals surface area contributed by atoms with Crippen molar-refractivity contribution in [3.05, 3.63) is 23.2 Å². The van der Waals surface area contributed by atoms with Crippen molar-refractivity contribution in [3.8, 4) is 5.75 Å². The maximum absolute atomic E-state index is 12.3. The molecule has 0 unspecified atom stereocenters. The number of hydrogen-bond donors (Lipinski definition) is 1. The zero-order valence-corrected chi connectivity index (χ0v) is 15.0. The second-order valence-corrected chi connectivity index (χ2v) is 7.07. The van der Waals surface area contributed by atoms with E-state index in [4.69, 9.17) is 16.3 Å². The van der Waals surface area contributed by atoms with Crippen LogP contribution in [-0.2, 0) is 4.79 Å². The van der Waals surface area contributed by atoms with E-state index in [0.29, 0.717) is 28.9 Å². The summed E-state index contributed by atoms with van der Waals surface area (Å²) in [6.45, 7) is 5.33. The van der Waals surface area contributed by atoms with Gasteiger partial charge in [0.05, 0.1) is 12.8 Å². The Balaban J connectivity index is 1.48. The van der Waals surface area contributed by atoms with E-state index in [0.717, 1.165) is 26.2 Å². The number of carbonyl (C=O) groups is 1. The quantitative estimate of drug-likeness (QED) is 0.886. The molecule has 0 bridgehead atoms. The molecule has 0 aliphatic carbocycles. The lowest BCUT2D eigenvalue weighted by Crippen LogP contribution is -2.55. The second kappa shape index (κ2) is 8.19. The Kier molecular flexibility index (Phi) is 5.98. The first-order valence-electron chi connectivity index (χ1n) is 8.75. The largest absolute Gasteiger partial charge is 0.495 e. The molecule has 24 heavy (non-hydrogen) atoms. The molecule has 1 aromatic rings. The second-order valence-electron chi connectivity index (χ2n) is 6.63. The number of ether oxygens (including phenoxy) is 1. The smallest absolute Gasteiger partial charge is 0.225 e. The molecule has 2 aliphatic heterocycles. The molecule has 5 nitrogen and oxygen atoms in total. The Hall–Kier alpha value is -1.30. The van der Waals surface area contributed by atoms with Crippen molar-refractivity contribution in [2.24, 2.45) is 0 Å². The Morgan fingerprint density at radius 1 is 1.33 bits per heavy atom. The fourth-order valence-electron chi connectivity index (χ4n) is 3.67. The van der Waals surface area contributed by atoms with Gasteiger partial charge in [0.25, 0.3) is 0 Å². The highest BCUT2D eigenvalue weighted by molar-refractivity contribution is 6.31. The Labute approximate surface area is 148 Å². The van der Waals surface area contributed by atoms with Crippen LogP contribution in [0.15, 0.2) is 18.2 Å². The van der Waals surface area contributed by atoms with Crippen LogP contribution in [0.2, 0.25) is 5.02 Å². The van der Waals surface area contributed by atoms with Crippen molar-refractivity contribution < 1.29 is 9.53 Å². The molecule has 2 fully saturated rings. The molecular weight excluding hydrogens is 326 g/mol. The van der Waals surface area contributed by atoms with E-state index in [1.165, 1.54) is 25.8 Å². The Bertz CT molecular complexity index is 581. The van der Waals surface area contributed by atoms with Gasteiger partial charge in [-0.3, -0.25) is 14.6 Å². The minimum absolute atomic E-state index is 0.00152. The van der Waals surface area contributed by atoms with Gasteiger partial charge in [0.2, 0.25) is 5.91 Å². The summed E-state index contributed by atoms with van der Waals surface area (Å²) in [5.74, 6) is 0.630.